The van der Waals surface area contributed by atoms with Crippen molar-refractivity contribution in [3.63, 3.8) is 0 Å². The second-order valence-electron chi connectivity index (χ2n) is 4.50. The van der Waals surface area contributed by atoms with Crippen LogP contribution >= 0.6 is 0 Å². The predicted molar refractivity (Wildman–Crippen MR) is 81.5 cm³/mol. The van der Waals surface area contributed by atoms with Crippen molar-refractivity contribution in [1.29, 1.82) is 5.26 Å². The Bertz CT molecular complexity index is 609. The topological polar surface area (TPSA) is 76.4 Å². The highest BCUT2D eigenvalue weighted by Crippen LogP contribution is 2.05. The largest absolute Gasteiger partial charge is 0.462 e. The maximum atomic E-state index is 11.5. The van der Waals surface area contributed by atoms with Crippen molar-refractivity contribution in [3.8, 4) is 6.07 Å². The van der Waals surface area contributed by atoms with E-state index in [4.69, 9.17) is 14.7 Å². The van der Waals surface area contributed by atoms with E-state index in [2.05, 4.69) is 6.58 Å². The third-order valence-electron chi connectivity index (χ3n) is 2.57. The van der Waals surface area contributed by atoms with Crippen molar-refractivity contribution in [2.75, 3.05) is 13.2 Å². The molecule has 0 atom stereocenters. The molecule has 0 aliphatic heterocycles. The summed E-state index contributed by atoms with van der Waals surface area (Å²) in [6.45, 7) is 5.37. The average Bonchev–Trinajstić information content (AvgIpc) is 2.52. The summed E-state index contributed by atoms with van der Waals surface area (Å²) in [7, 11) is 0. The van der Waals surface area contributed by atoms with Gasteiger partial charge in [0.25, 0.3) is 0 Å². The molecule has 0 unspecified atom stereocenters. The summed E-state index contributed by atoms with van der Waals surface area (Å²) in [6.07, 6.45) is 3.33. The van der Waals surface area contributed by atoms with E-state index in [1.807, 2.05) is 6.07 Å². The number of esters is 2. The van der Waals surface area contributed by atoms with E-state index in [1.165, 1.54) is 6.08 Å². The van der Waals surface area contributed by atoms with Crippen molar-refractivity contribution in [2.24, 2.45) is 0 Å². The molecule has 0 aliphatic carbocycles. The first-order valence-electron chi connectivity index (χ1n) is 6.70. The Morgan fingerprint density at radius 1 is 1.23 bits per heavy atom. The highest BCUT2D eigenvalue weighted by atomic mass is 16.5. The van der Waals surface area contributed by atoms with Gasteiger partial charge in [-0.15, -0.1) is 0 Å². The maximum Gasteiger partial charge on any atom is 0.333 e. The van der Waals surface area contributed by atoms with Crippen LogP contribution < -0.4 is 0 Å². The smallest absolute Gasteiger partial charge is 0.333 e. The molecule has 0 bridgehead atoms. The number of hydrogen-bond donors (Lipinski definition) is 0. The predicted octanol–water partition coefficient (Wildman–Crippen LogP) is 2.62. The number of rotatable bonds is 7. The molecule has 114 valence electrons. The molecule has 0 amide bonds. The molecule has 0 radical (unpaired) electrons. The van der Waals surface area contributed by atoms with Crippen LogP contribution in [0.1, 0.15) is 24.5 Å². The van der Waals surface area contributed by atoms with E-state index < -0.39 is 11.9 Å². The Kier molecular flexibility index (Phi) is 7.14. The van der Waals surface area contributed by atoms with Gasteiger partial charge in [0.1, 0.15) is 0 Å². The standard InChI is InChI=1S/C17H17NO4/c1-13(2)17(20)22-11-3-10-21-16(19)9-8-14-4-6-15(12-18)7-5-14/h4-9H,1,3,10-11H2,2H3/b9-8+. The SMILES string of the molecule is C=C(C)C(=O)OCCCOC(=O)/C=C/c1ccc(C#N)cc1. The van der Waals surface area contributed by atoms with Crippen LogP contribution in [0, 0.1) is 11.3 Å². The van der Waals surface area contributed by atoms with Crippen LogP contribution in [-0.4, -0.2) is 25.2 Å². The third kappa shape index (κ3) is 6.53. The van der Waals surface area contributed by atoms with Gasteiger partial charge in [-0.2, -0.15) is 5.26 Å². The molecule has 5 nitrogen and oxygen atoms in total. The molecule has 5 heteroatoms. The lowest BCUT2D eigenvalue weighted by Gasteiger charge is -2.04. The van der Waals surface area contributed by atoms with Gasteiger partial charge in [-0.25, -0.2) is 9.59 Å². The summed E-state index contributed by atoms with van der Waals surface area (Å²) in [5.41, 5.74) is 1.69. The van der Waals surface area contributed by atoms with Crippen molar-refractivity contribution in [3.05, 3.63) is 53.6 Å². The minimum atomic E-state index is -0.476. The normalized spacial score (nSPS) is 10.0. The molecule has 0 fully saturated rings. The van der Waals surface area contributed by atoms with Gasteiger partial charge in [-0.1, -0.05) is 18.7 Å². The molecule has 0 saturated heterocycles. The minimum Gasteiger partial charge on any atom is -0.462 e. The van der Waals surface area contributed by atoms with Gasteiger partial charge in [-0.05, 0) is 30.7 Å². The lowest BCUT2D eigenvalue weighted by Crippen LogP contribution is -2.09. The molecule has 0 saturated carbocycles. The second kappa shape index (κ2) is 9.14. The molecule has 1 aromatic carbocycles. The minimum absolute atomic E-state index is 0.167. The zero-order chi connectivity index (χ0) is 16.4. The average molecular weight is 299 g/mol. The van der Waals surface area contributed by atoms with Crippen molar-refractivity contribution in [1.82, 2.24) is 0 Å². The summed E-state index contributed by atoms with van der Waals surface area (Å²) in [5, 5.41) is 8.67. The highest BCUT2D eigenvalue weighted by molar-refractivity contribution is 5.87. The van der Waals surface area contributed by atoms with E-state index >= 15 is 0 Å². The number of ether oxygens (including phenoxy) is 2. The van der Waals surface area contributed by atoms with Crippen LogP contribution in [0.5, 0.6) is 0 Å². The summed E-state index contributed by atoms with van der Waals surface area (Å²) in [4.78, 5) is 22.5. The second-order valence-corrected chi connectivity index (χ2v) is 4.50. The van der Waals surface area contributed by atoms with Gasteiger partial charge < -0.3 is 9.47 Å². The summed E-state index contributed by atoms with van der Waals surface area (Å²) in [5.74, 6) is -0.928. The van der Waals surface area contributed by atoms with Gasteiger partial charge in [0.05, 0.1) is 24.8 Å². The van der Waals surface area contributed by atoms with Crippen molar-refractivity contribution in [2.45, 2.75) is 13.3 Å². The molecular formula is C17H17NO4. The van der Waals surface area contributed by atoms with Crippen molar-refractivity contribution < 1.29 is 19.1 Å². The van der Waals surface area contributed by atoms with Crippen LogP contribution in [0.2, 0.25) is 0 Å². The van der Waals surface area contributed by atoms with E-state index in [0.717, 1.165) is 5.56 Å². The van der Waals surface area contributed by atoms with Crippen LogP contribution in [0.25, 0.3) is 6.08 Å². The fourth-order valence-electron chi connectivity index (χ4n) is 1.40. The Morgan fingerprint density at radius 2 is 1.86 bits per heavy atom. The summed E-state index contributed by atoms with van der Waals surface area (Å²) < 4.78 is 9.82. The van der Waals surface area contributed by atoms with Gasteiger partial charge in [0, 0.05) is 18.1 Å². The first kappa shape index (κ1) is 17.2. The Balaban J connectivity index is 2.25. The fourth-order valence-corrected chi connectivity index (χ4v) is 1.40. The number of carbonyl (C=O) groups is 2. The fraction of sp³-hybridized carbons (Fsp3) is 0.235. The van der Waals surface area contributed by atoms with Gasteiger partial charge in [0.15, 0.2) is 0 Å². The molecule has 0 aliphatic rings. The van der Waals surface area contributed by atoms with Crippen LogP contribution in [0.15, 0.2) is 42.5 Å². The van der Waals surface area contributed by atoms with Crippen LogP contribution in [0.3, 0.4) is 0 Å². The van der Waals surface area contributed by atoms with E-state index in [9.17, 15) is 9.59 Å². The Morgan fingerprint density at radius 3 is 2.45 bits per heavy atom. The molecule has 0 heterocycles. The first-order chi connectivity index (χ1) is 10.5. The monoisotopic (exact) mass is 299 g/mol. The lowest BCUT2D eigenvalue weighted by molar-refractivity contribution is -0.140. The van der Waals surface area contributed by atoms with E-state index in [0.29, 0.717) is 17.6 Å². The Labute approximate surface area is 129 Å². The number of nitrogens with zero attached hydrogens (tertiary/aromatic N) is 1. The molecule has 1 aromatic rings. The molecule has 0 spiro atoms. The number of hydrogen-bond acceptors (Lipinski definition) is 5. The number of carbonyl (C=O) groups excluding carboxylic acids is 2. The quantitative estimate of drug-likeness (QED) is 0.439. The molecule has 1 rings (SSSR count). The summed E-state index contributed by atoms with van der Waals surface area (Å²) in [6, 6.07) is 8.82. The molecule has 0 aromatic heterocycles. The van der Waals surface area contributed by atoms with Crippen molar-refractivity contribution >= 4 is 18.0 Å². The third-order valence-corrected chi connectivity index (χ3v) is 2.57. The van der Waals surface area contributed by atoms with Gasteiger partial charge in [-0.3, -0.25) is 0 Å². The highest BCUT2D eigenvalue weighted by Gasteiger charge is 2.03. The molecule has 22 heavy (non-hydrogen) atoms. The zero-order valence-corrected chi connectivity index (χ0v) is 12.4. The Hall–Kier alpha value is -2.87. The van der Waals surface area contributed by atoms with Gasteiger partial charge >= 0.3 is 11.9 Å². The van der Waals surface area contributed by atoms with E-state index in [-0.39, 0.29) is 13.2 Å². The van der Waals surface area contributed by atoms with Crippen LogP contribution in [0.4, 0.5) is 0 Å². The summed E-state index contributed by atoms with van der Waals surface area (Å²) >= 11 is 0. The van der Waals surface area contributed by atoms with Crippen LogP contribution in [-0.2, 0) is 19.1 Å². The molecule has 0 N–H and O–H groups in total. The number of benzene rings is 1. The number of nitriles is 1. The lowest BCUT2D eigenvalue weighted by atomic mass is 10.1. The first-order valence-corrected chi connectivity index (χ1v) is 6.70. The zero-order valence-electron chi connectivity index (χ0n) is 12.4. The maximum absolute atomic E-state index is 11.5. The molecular weight excluding hydrogens is 282 g/mol. The van der Waals surface area contributed by atoms with Gasteiger partial charge in [0.2, 0.25) is 0 Å². The van der Waals surface area contributed by atoms with E-state index in [1.54, 1.807) is 37.3 Å².